The highest BCUT2D eigenvalue weighted by molar-refractivity contribution is 4.79. The van der Waals surface area contributed by atoms with E-state index in [2.05, 4.69) is 31.0 Å². The Morgan fingerprint density at radius 3 is 2.30 bits per heavy atom. The van der Waals surface area contributed by atoms with Crippen molar-refractivity contribution in [3.8, 4) is 0 Å². The molecule has 2 unspecified atom stereocenters. The number of rotatable bonds is 4. The summed E-state index contributed by atoms with van der Waals surface area (Å²) in [7, 11) is 0. The Hall–Kier alpha value is -0.0800. The molecule has 2 heteroatoms. The Morgan fingerprint density at radius 2 is 1.65 bits per heavy atom. The van der Waals surface area contributed by atoms with Crippen LogP contribution in [0.4, 0.5) is 0 Å². The van der Waals surface area contributed by atoms with Gasteiger partial charge in [0.2, 0.25) is 0 Å². The molecule has 2 fully saturated rings. The van der Waals surface area contributed by atoms with Gasteiger partial charge in [-0.2, -0.15) is 0 Å². The second kappa shape index (κ2) is 8.38. The molecule has 2 nitrogen and oxygen atoms in total. The molecule has 1 aliphatic carbocycles. The molecule has 0 aromatic rings. The predicted octanol–water partition coefficient (Wildman–Crippen LogP) is 3.91. The average Bonchev–Trinajstić information content (AvgIpc) is 2.46. The summed E-state index contributed by atoms with van der Waals surface area (Å²) >= 11 is 0. The highest BCUT2D eigenvalue weighted by atomic mass is 15.1. The van der Waals surface area contributed by atoms with Gasteiger partial charge in [0.15, 0.2) is 0 Å². The second-order valence-electron chi connectivity index (χ2n) is 7.46. The van der Waals surface area contributed by atoms with E-state index in [1.807, 2.05) is 0 Å². The van der Waals surface area contributed by atoms with Crippen LogP contribution in [0.15, 0.2) is 0 Å². The summed E-state index contributed by atoms with van der Waals surface area (Å²) in [6.07, 6.45) is 9.97. The van der Waals surface area contributed by atoms with Gasteiger partial charge in [-0.15, -0.1) is 0 Å². The maximum atomic E-state index is 3.73. The summed E-state index contributed by atoms with van der Waals surface area (Å²) in [5, 5.41) is 3.73. The van der Waals surface area contributed by atoms with Gasteiger partial charge in [-0.3, -0.25) is 0 Å². The first-order chi connectivity index (χ1) is 9.71. The third-order valence-corrected chi connectivity index (χ3v) is 5.67. The summed E-state index contributed by atoms with van der Waals surface area (Å²) in [6, 6.07) is 0.746. The molecule has 0 spiro atoms. The van der Waals surface area contributed by atoms with Crippen LogP contribution in [0.3, 0.4) is 0 Å². The van der Waals surface area contributed by atoms with Crippen molar-refractivity contribution in [1.82, 2.24) is 10.2 Å². The molecular weight excluding hydrogens is 244 g/mol. The molecule has 118 valence electrons. The van der Waals surface area contributed by atoms with Crippen molar-refractivity contribution >= 4 is 0 Å². The van der Waals surface area contributed by atoms with Crippen LogP contribution in [0.2, 0.25) is 0 Å². The van der Waals surface area contributed by atoms with E-state index in [4.69, 9.17) is 0 Å². The molecule has 2 atom stereocenters. The zero-order chi connectivity index (χ0) is 14.4. The summed E-state index contributed by atoms with van der Waals surface area (Å²) in [4.78, 5) is 2.78. The lowest BCUT2D eigenvalue weighted by Gasteiger charge is -2.36. The van der Waals surface area contributed by atoms with E-state index in [1.165, 1.54) is 71.1 Å². The first-order valence-electron chi connectivity index (χ1n) is 9.16. The van der Waals surface area contributed by atoms with Gasteiger partial charge in [0, 0.05) is 19.1 Å². The highest BCUT2D eigenvalue weighted by Crippen LogP contribution is 2.31. The molecular formula is C18H36N2. The standard InChI is InChI=1S/C18H36N2/c1-4-16-6-8-17(9-7-16)14-20-11-10-18(5-2)19-12-15(3)13-20/h15-19H,4-14H2,1-3H3. The summed E-state index contributed by atoms with van der Waals surface area (Å²) in [6.45, 7) is 12.3. The van der Waals surface area contributed by atoms with E-state index in [0.29, 0.717) is 0 Å². The molecule has 0 radical (unpaired) electrons. The first-order valence-corrected chi connectivity index (χ1v) is 9.16. The lowest BCUT2D eigenvalue weighted by Crippen LogP contribution is -2.45. The van der Waals surface area contributed by atoms with E-state index in [1.54, 1.807) is 0 Å². The van der Waals surface area contributed by atoms with Gasteiger partial charge in [-0.25, -0.2) is 0 Å². The Labute approximate surface area is 126 Å². The molecule has 1 N–H and O–H groups in total. The van der Waals surface area contributed by atoms with Crippen molar-refractivity contribution in [3.05, 3.63) is 0 Å². The van der Waals surface area contributed by atoms with Gasteiger partial charge in [-0.05, 0) is 56.5 Å². The van der Waals surface area contributed by atoms with E-state index in [0.717, 1.165) is 23.8 Å². The van der Waals surface area contributed by atoms with Crippen molar-refractivity contribution in [2.45, 2.75) is 71.8 Å². The van der Waals surface area contributed by atoms with Crippen LogP contribution >= 0.6 is 0 Å². The van der Waals surface area contributed by atoms with Crippen molar-refractivity contribution in [1.29, 1.82) is 0 Å². The van der Waals surface area contributed by atoms with Gasteiger partial charge in [0.1, 0.15) is 0 Å². The molecule has 0 aromatic heterocycles. The summed E-state index contributed by atoms with van der Waals surface area (Å²) in [5.41, 5.74) is 0. The molecule has 0 aromatic carbocycles. The normalized spacial score (nSPS) is 37.4. The monoisotopic (exact) mass is 280 g/mol. The summed E-state index contributed by atoms with van der Waals surface area (Å²) in [5.74, 6) is 2.82. The van der Waals surface area contributed by atoms with Gasteiger partial charge in [0.25, 0.3) is 0 Å². The van der Waals surface area contributed by atoms with Crippen LogP contribution in [0, 0.1) is 17.8 Å². The molecule has 2 rings (SSSR count). The Morgan fingerprint density at radius 1 is 0.950 bits per heavy atom. The van der Waals surface area contributed by atoms with E-state index in [9.17, 15) is 0 Å². The zero-order valence-corrected chi connectivity index (χ0v) is 14.0. The molecule has 2 aliphatic rings. The molecule has 20 heavy (non-hydrogen) atoms. The van der Waals surface area contributed by atoms with Crippen LogP contribution in [0.25, 0.3) is 0 Å². The van der Waals surface area contributed by atoms with Crippen molar-refractivity contribution in [2.75, 3.05) is 26.2 Å². The van der Waals surface area contributed by atoms with E-state index < -0.39 is 0 Å². The number of nitrogens with zero attached hydrogens (tertiary/aromatic N) is 1. The lowest BCUT2D eigenvalue weighted by molar-refractivity contribution is 0.144. The topological polar surface area (TPSA) is 15.3 Å². The number of hydrogen-bond donors (Lipinski definition) is 1. The fourth-order valence-corrected chi connectivity index (χ4v) is 4.11. The minimum atomic E-state index is 0.746. The predicted molar refractivity (Wildman–Crippen MR) is 88.0 cm³/mol. The third-order valence-electron chi connectivity index (χ3n) is 5.67. The van der Waals surface area contributed by atoms with Crippen LogP contribution in [-0.2, 0) is 0 Å². The molecule has 1 saturated carbocycles. The summed E-state index contributed by atoms with van der Waals surface area (Å²) < 4.78 is 0. The van der Waals surface area contributed by atoms with Crippen molar-refractivity contribution in [3.63, 3.8) is 0 Å². The van der Waals surface area contributed by atoms with Crippen molar-refractivity contribution < 1.29 is 0 Å². The van der Waals surface area contributed by atoms with Crippen LogP contribution in [-0.4, -0.2) is 37.1 Å². The Bertz CT molecular complexity index is 258. The van der Waals surface area contributed by atoms with Crippen LogP contribution in [0.1, 0.15) is 65.7 Å². The molecule has 1 heterocycles. The minimum absolute atomic E-state index is 0.746. The average molecular weight is 281 g/mol. The minimum Gasteiger partial charge on any atom is -0.314 e. The van der Waals surface area contributed by atoms with E-state index in [-0.39, 0.29) is 0 Å². The second-order valence-corrected chi connectivity index (χ2v) is 7.46. The van der Waals surface area contributed by atoms with Crippen molar-refractivity contribution in [2.24, 2.45) is 17.8 Å². The Balaban J connectivity index is 1.78. The van der Waals surface area contributed by atoms with Crippen LogP contribution < -0.4 is 5.32 Å². The van der Waals surface area contributed by atoms with Gasteiger partial charge in [0.05, 0.1) is 0 Å². The fourth-order valence-electron chi connectivity index (χ4n) is 4.11. The largest absolute Gasteiger partial charge is 0.314 e. The van der Waals surface area contributed by atoms with Gasteiger partial charge < -0.3 is 10.2 Å². The highest BCUT2D eigenvalue weighted by Gasteiger charge is 2.24. The fraction of sp³-hybridized carbons (Fsp3) is 1.00. The SMILES string of the molecule is CCC1CCC(CN2CCC(CC)NCC(C)C2)CC1. The Kier molecular flexibility index (Phi) is 6.83. The molecule has 1 aliphatic heterocycles. The number of nitrogens with one attached hydrogen (secondary N) is 1. The van der Waals surface area contributed by atoms with Gasteiger partial charge >= 0.3 is 0 Å². The molecule has 1 saturated heterocycles. The van der Waals surface area contributed by atoms with Gasteiger partial charge in [-0.1, -0.05) is 40.0 Å². The maximum absolute atomic E-state index is 3.73. The lowest BCUT2D eigenvalue weighted by atomic mass is 9.80. The molecule has 0 bridgehead atoms. The molecule has 0 amide bonds. The third kappa shape index (κ3) is 5.04. The maximum Gasteiger partial charge on any atom is 0.00767 e. The first kappa shape index (κ1) is 16.3. The van der Waals surface area contributed by atoms with Crippen LogP contribution in [0.5, 0.6) is 0 Å². The number of hydrogen-bond acceptors (Lipinski definition) is 2. The zero-order valence-electron chi connectivity index (χ0n) is 14.0. The van der Waals surface area contributed by atoms with E-state index >= 15 is 0 Å². The smallest absolute Gasteiger partial charge is 0.00767 e. The quantitative estimate of drug-likeness (QED) is 0.840.